The number of aliphatic hydroxyl groups excluding tert-OH is 1. The lowest BCUT2D eigenvalue weighted by molar-refractivity contribution is 0.238. The van der Waals surface area contributed by atoms with E-state index in [4.69, 9.17) is 5.11 Å². The van der Waals surface area contributed by atoms with Gasteiger partial charge in [-0.15, -0.1) is 0 Å². The Kier molecular flexibility index (Phi) is 6.16. The Bertz CT molecular complexity index is 313. The third-order valence-electron chi connectivity index (χ3n) is 2.88. The number of benzene rings is 1. The van der Waals surface area contributed by atoms with Gasteiger partial charge < -0.3 is 10.4 Å². The van der Waals surface area contributed by atoms with Crippen LogP contribution in [0.25, 0.3) is 0 Å². The van der Waals surface area contributed by atoms with E-state index in [1.807, 2.05) is 19.1 Å². The zero-order chi connectivity index (χ0) is 12.7. The van der Waals surface area contributed by atoms with Crippen molar-refractivity contribution >= 4 is 0 Å². The Labute approximate surface area is 103 Å². The number of rotatable bonds is 7. The van der Waals surface area contributed by atoms with Gasteiger partial charge in [0.05, 0.1) is 6.61 Å². The van der Waals surface area contributed by atoms with Gasteiger partial charge in [0.2, 0.25) is 0 Å². The van der Waals surface area contributed by atoms with Crippen LogP contribution in [0.3, 0.4) is 0 Å². The lowest BCUT2D eigenvalue weighted by Crippen LogP contribution is -2.33. The van der Waals surface area contributed by atoms with Gasteiger partial charge in [-0.2, -0.15) is 0 Å². The molecule has 0 aromatic heterocycles. The van der Waals surface area contributed by atoms with Gasteiger partial charge >= 0.3 is 0 Å². The number of unbranched alkanes of at least 4 members (excludes halogenated alkanes) is 1. The molecule has 0 heterocycles. The molecular weight excluding hydrogens is 217 g/mol. The molecule has 17 heavy (non-hydrogen) atoms. The van der Waals surface area contributed by atoms with E-state index in [0.29, 0.717) is 0 Å². The molecule has 0 amide bonds. The first kappa shape index (κ1) is 14.1. The van der Waals surface area contributed by atoms with Crippen molar-refractivity contribution in [2.45, 2.75) is 45.2 Å². The highest BCUT2D eigenvalue weighted by molar-refractivity contribution is 5.20. The smallest absolute Gasteiger partial charge is 0.123 e. The molecule has 0 aliphatic carbocycles. The molecule has 1 unspecified atom stereocenters. The molecule has 0 fully saturated rings. The summed E-state index contributed by atoms with van der Waals surface area (Å²) in [5, 5.41) is 12.4. The van der Waals surface area contributed by atoms with Gasteiger partial charge in [0.25, 0.3) is 0 Å². The van der Waals surface area contributed by atoms with E-state index in [1.165, 1.54) is 12.1 Å². The van der Waals surface area contributed by atoms with E-state index in [-0.39, 0.29) is 24.5 Å². The van der Waals surface area contributed by atoms with Crippen LogP contribution >= 0.6 is 0 Å². The van der Waals surface area contributed by atoms with Gasteiger partial charge in [0.1, 0.15) is 5.82 Å². The normalized spacial score (nSPS) is 14.6. The second-order valence-electron chi connectivity index (χ2n) is 4.50. The molecule has 2 N–H and O–H groups in total. The van der Waals surface area contributed by atoms with Gasteiger partial charge in [-0.05, 0) is 31.0 Å². The average Bonchev–Trinajstić information content (AvgIpc) is 2.35. The van der Waals surface area contributed by atoms with Crippen molar-refractivity contribution in [3.63, 3.8) is 0 Å². The number of hydrogen-bond acceptors (Lipinski definition) is 2. The largest absolute Gasteiger partial charge is 0.395 e. The van der Waals surface area contributed by atoms with Gasteiger partial charge in [-0.25, -0.2) is 4.39 Å². The third-order valence-corrected chi connectivity index (χ3v) is 2.88. The standard InChI is InChI=1S/C14H22FNO/c1-3-4-5-14(16-11(2)10-17)12-6-8-13(15)9-7-12/h6-9,11,14,16-17H,3-5,10H2,1-2H3/t11-,14?/m1/s1. The van der Waals surface area contributed by atoms with Crippen molar-refractivity contribution in [2.75, 3.05) is 6.61 Å². The summed E-state index contributed by atoms with van der Waals surface area (Å²) in [4.78, 5) is 0. The molecule has 0 bridgehead atoms. The molecule has 1 rings (SSSR count). The highest BCUT2D eigenvalue weighted by Gasteiger charge is 2.13. The fourth-order valence-corrected chi connectivity index (χ4v) is 1.85. The molecule has 2 nitrogen and oxygen atoms in total. The van der Waals surface area contributed by atoms with E-state index < -0.39 is 0 Å². The summed E-state index contributed by atoms with van der Waals surface area (Å²) in [5.74, 6) is -0.210. The summed E-state index contributed by atoms with van der Waals surface area (Å²) in [6.07, 6.45) is 3.26. The maximum Gasteiger partial charge on any atom is 0.123 e. The Morgan fingerprint density at radius 1 is 1.29 bits per heavy atom. The van der Waals surface area contributed by atoms with E-state index in [1.54, 1.807) is 0 Å². The quantitative estimate of drug-likeness (QED) is 0.766. The molecule has 2 atom stereocenters. The van der Waals surface area contributed by atoms with Crippen LogP contribution in [0.2, 0.25) is 0 Å². The van der Waals surface area contributed by atoms with Crippen molar-refractivity contribution < 1.29 is 9.50 Å². The zero-order valence-corrected chi connectivity index (χ0v) is 10.6. The Morgan fingerprint density at radius 3 is 2.47 bits per heavy atom. The van der Waals surface area contributed by atoms with Crippen LogP contribution in [0.5, 0.6) is 0 Å². The van der Waals surface area contributed by atoms with Crippen LogP contribution in [0.4, 0.5) is 4.39 Å². The number of halogens is 1. The minimum absolute atomic E-state index is 0.0573. The molecule has 0 saturated carbocycles. The topological polar surface area (TPSA) is 32.3 Å². The minimum atomic E-state index is -0.210. The fraction of sp³-hybridized carbons (Fsp3) is 0.571. The second-order valence-corrected chi connectivity index (χ2v) is 4.50. The molecule has 0 aliphatic rings. The summed E-state index contributed by atoms with van der Waals surface area (Å²) in [5.41, 5.74) is 1.08. The average molecular weight is 239 g/mol. The number of nitrogens with one attached hydrogen (secondary N) is 1. The lowest BCUT2D eigenvalue weighted by Gasteiger charge is -2.22. The van der Waals surface area contributed by atoms with Crippen LogP contribution in [0.1, 0.15) is 44.7 Å². The first-order valence-electron chi connectivity index (χ1n) is 6.29. The molecule has 0 saturated heterocycles. The monoisotopic (exact) mass is 239 g/mol. The predicted octanol–water partition coefficient (Wildman–Crippen LogP) is 3.03. The van der Waals surface area contributed by atoms with Gasteiger partial charge in [-0.3, -0.25) is 0 Å². The predicted molar refractivity (Wildman–Crippen MR) is 68.3 cm³/mol. The van der Waals surface area contributed by atoms with E-state index in [9.17, 15) is 4.39 Å². The molecule has 3 heteroatoms. The SMILES string of the molecule is CCCCC(N[C@H](C)CO)c1ccc(F)cc1. The van der Waals surface area contributed by atoms with Crippen molar-refractivity contribution in [2.24, 2.45) is 0 Å². The molecule has 96 valence electrons. The summed E-state index contributed by atoms with van der Waals surface area (Å²) >= 11 is 0. The molecular formula is C14H22FNO. The highest BCUT2D eigenvalue weighted by atomic mass is 19.1. The molecule has 1 aromatic carbocycles. The van der Waals surface area contributed by atoms with Gasteiger partial charge in [-0.1, -0.05) is 31.9 Å². The molecule has 1 aromatic rings. The molecule has 0 aliphatic heterocycles. The first-order valence-corrected chi connectivity index (χ1v) is 6.29. The van der Waals surface area contributed by atoms with Crippen LogP contribution in [0, 0.1) is 5.82 Å². The van der Waals surface area contributed by atoms with Crippen LogP contribution in [0.15, 0.2) is 24.3 Å². The minimum Gasteiger partial charge on any atom is -0.395 e. The van der Waals surface area contributed by atoms with Crippen LogP contribution in [-0.4, -0.2) is 17.8 Å². The third kappa shape index (κ3) is 4.84. The Morgan fingerprint density at radius 2 is 1.94 bits per heavy atom. The maximum absolute atomic E-state index is 12.9. The molecule has 0 radical (unpaired) electrons. The van der Waals surface area contributed by atoms with Crippen LogP contribution in [-0.2, 0) is 0 Å². The van der Waals surface area contributed by atoms with E-state index in [0.717, 1.165) is 24.8 Å². The van der Waals surface area contributed by atoms with Gasteiger partial charge in [0, 0.05) is 12.1 Å². The Hall–Kier alpha value is -0.930. The van der Waals surface area contributed by atoms with Crippen molar-refractivity contribution in [1.82, 2.24) is 5.32 Å². The Balaban J connectivity index is 2.70. The maximum atomic E-state index is 12.9. The second kappa shape index (κ2) is 7.41. The zero-order valence-electron chi connectivity index (χ0n) is 10.6. The van der Waals surface area contributed by atoms with E-state index in [2.05, 4.69) is 12.2 Å². The van der Waals surface area contributed by atoms with Crippen molar-refractivity contribution in [3.05, 3.63) is 35.6 Å². The first-order chi connectivity index (χ1) is 8.17. The fourth-order valence-electron chi connectivity index (χ4n) is 1.85. The lowest BCUT2D eigenvalue weighted by atomic mass is 10.0. The molecule has 0 spiro atoms. The summed E-state index contributed by atoms with van der Waals surface area (Å²) in [6.45, 7) is 4.21. The van der Waals surface area contributed by atoms with Crippen LogP contribution < -0.4 is 5.32 Å². The highest BCUT2D eigenvalue weighted by Crippen LogP contribution is 2.20. The van der Waals surface area contributed by atoms with E-state index >= 15 is 0 Å². The van der Waals surface area contributed by atoms with Crippen molar-refractivity contribution in [3.8, 4) is 0 Å². The van der Waals surface area contributed by atoms with Crippen molar-refractivity contribution in [1.29, 1.82) is 0 Å². The van der Waals surface area contributed by atoms with Gasteiger partial charge in [0.15, 0.2) is 0 Å². The number of hydrogen-bond donors (Lipinski definition) is 2. The summed E-state index contributed by atoms with van der Waals surface area (Å²) in [6, 6.07) is 6.85. The number of aliphatic hydroxyl groups is 1. The summed E-state index contributed by atoms with van der Waals surface area (Å²) < 4.78 is 12.9. The summed E-state index contributed by atoms with van der Waals surface area (Å²) in [7, 11) is 0.